The molecule has 0 saturated heterocycles. The first-order chi connectivity index (χ1) is 29.5. The van der Waals surface area contributed by atoms with Gasteiger partial charge in [-0.05, 0) is 93.6 Å². The topological polar surface area (TPSA) is 211 Å². The zero-order valence-corrected chi connectivity index (χ0v) is 40.0. The van der Waals surface area contributed by atoms with E-state index in [4.69, 9.17) is 33.9 Å². The van der Waals surface area contributed by atoms with Gasteiger partial charge >= 0.3 is 0 Å². The molecule has 0 unspecified atom stereocenters. The number of carbonyl (C=O) groups excluding carboxylic acids is 2. The molecule has 0 fully saturated rings. The number of nitro groups is 2. The van der Waals surface area contributed by atoms with Crippen LogP contribution in [0.2, 0.25) is 0 Å². The minimum absolute atomic E-state index is 0.0464. The molecule has 0 heterocycles. The van der Waals surface area contributed by atoms with Gasteiger partial charge in [-0.1, -0.05) is 95.2 Å². The molecular weight excluding hydrogens is 857 g/mol. The van der Waals surface area contributed by atoms with Gasteiger partial charge < -0.3 is 20.1 Å². The summed E-state index contributed by atoms with van der Waals surface area (Å²) in [5.41, 5.74) is 14.7. The molecule has 0 aliphatic rings. The summed E-state index contributed by atoms with van der Waals surface area (Å²) in [4.78, 5) is 47.9. The summed E-state index contributed by atoms with van der Waals surface area (Å²) in [5, 5.41) is 27.9. The van der Waals surface area contributed by atoms with E-state index >= 15 is 0 Å². The lowest BCUT2D eigenvalue weighted by Gasteiger charge is -2.32. The maximum Gasteiger partial charge on any atom is 0.276 e. The number of nitrogens with zero attached hydrogens (tertiary/aromatic N) is 2. The monoisotopic (exact) mass is 914 g/mol. The van der Waals surface area contributed by atoms with Gasteiger partial charge in [0.15, 0.2) is 23.4 Å². The smallest absolute Gasteiger partial charge is 0.276 e. The molecular formula is C46H58N8O8S2. The summed E-state index contributed by atoms with van der Waals surface area (Å²) in [6.07, 6.45) is 0. The molecule has 4 aromatic carbocycles. The molecule has 0 saturated carbocycles. The van der Waals surface area contributed by atoms with E-state index in [0.717, 1.165) is 22.3 Å². The highest BCUT2D eigenvalue weighted by atomic mass is 32.1. The van der Waals surface area contributed by atoms with Crippen molar-refractivity contribution in [1.82, 2.24) is 21.7 Å². The van der Waals surface area contributed by atoms with E-state index in [1.54, 1.807) is 0 Å². The zero-order chi connectivity index (χ0) is 47.9. The van der Waals surface area contributed by atoms with E-state index in [2.05, 4.69) is 140 Å². The largest absolute Gasteiger partial charge is 0.483 e. The van der Waals surface area contributed by atoms with E-state index in [1.165, 1.54) is 48.5 Å². The van der Waals surface area contributed by atoms with Crippen molar-refractivity contribution in [2.45, 2.75) is 105 Å². The quantitative estimate of drug-likeness (QED) is 0.0471. The number of nitro benzene ring substituents is 2. The van der Waals surface area contributed by atoms with Gasteiger partial charge in [-0.3, -0.25) is 51.5 Å². The Morgan fingerprint density at radius 3 is 1.09 bits per heavy atom. The van der Waals surface area contributed by atoms with Crippen LogP contribution in [0.15, 0.2) is 72.8 Å². The van der Waals surface area contributed by atoms with Crippen molar-refractivity contribution in [3.05, 3.63) is 115 Å². The zero-order valence-electron chi connectivity index (χ0n) is 38.3. The van der Waals surface area contributed by atoms with Crippen molar-refractivity contribution >= 4 is 69.2 Å². The molecule has 0 spiro atoms. The van der Waals surface area contributed by atoms with Gasteiger partial charge in [0.2, 0.25) is 0 Å². The number of ether oxygens (including phenoxy) is 2. The second-order valence-electron chi connectivity index (χ2n) is 19.2. The first kappa shape index (κ1) is 50.2. The number of hydrazine groups is 2. The second kappa shape index (κ2) is 20.0. The first-order valence-corrected chi connectivity index (χ1v) is 21.2. The van der Waals surface area contributed by atoms with Gasteiger partial charge in [-0.25, -0.2) is 0 Å². The van der Waals surface area contributed by atoms with E-state index in [0.29, 0.717) is 34.0 Å². The maximum atomic E-state index is 13.4. The van der Waals surface area contributed by atoms with Gasteiger partial charge in [0, 0.05) is 57.9 Å². The third-order valence-corrected chi connectivity index (χ3v) is 10.2. The number of carbonyl (C=O) groups is 2. The minimum Gasteiger partial charge on any atom is -0.483 e. The highest BCUT2D eigenvalue weighted by Gasteiger charge is 2.32. The fourth-order valence-corrected chi connectivity index (χ4v) is 6.55. The van der Waals surface area contributed by atoms with Crippen LogP contribution in [0.1, 0.15) is 105 Å². The van der Waals surface area contributed by atoms with Gasteiger partial charge in [0.05, 0.1) is 9.85 Å². The van der Waals surface area contributed by atoms with Crippen molar-refractivity contribution in [1.29, 1.82) is 0 Å². The average Bonchev–Trinajstić information content (AvgIpc) is 3.19. The Hall–Kier alpha value is -6.40. The van der Waals surface area contributed by atoms with Crippen LogP contribution in [0.4, 0.5) is 22.7 Å². The molecule has 0 bridgehead atoms. The summed E-state index contributed by atoms with van der Waals surface area (Å²) in [5.74, 6) is -0.184. The molecule has 4 rings (SSSR count). The fourth-order valence-electron chi connectivity index (χ4n) is 6.21. The number of benzene rings is 4. The number of anilines is 2. The Kier molecular flexibility index (Phi) is 15.7. The van der Waals surface area contributed by atoms with Gasteiger partial charge in [0.1, 0.15) is 11.5 Å². The van der Waals surface area contributed by atoms with Crippen LogP contribution in [0.25, 0.3) is 11.1 Å². The van der Waals surface area contributed by atoms with Crippen molar-refractivity contribution in [2.24, 2.45) is 0 Å². The molecule has 0 aliphatic carbocycles. The van der Waals surface area contributed by atoms with E-state index < -0.39 is 45.7 Å². The maximum absolute atomic E-state index is 13.4. The summed E-state index contributed by atoms with van der Waals surface area (Å²) in [6.45, 7) is 24.3. The Morgan fingerprint density at radius 2 is 0.828 bits per heavy atom. The standard InChI is InChI=1S/C46H58N8O8S2/c1-43(2,3)27-21-33(39(35(23-27)45(7,8)9)61-25-37(55)49-51-41(63)47-29-13-17-31(18-14-29)53(57)58)34-22-28(44(4,5)6)24-36(46(10,11)12)40(34)62-26-38(56)50-52-42(64)48-30-15-19-32(20-16-30)54(59)60/h13-24H,25-26H2,1-12H3,(H,49,55)(H,50,56)(H2,47,51,63)(H2,48,52,64). The van der Waals surface area contributed by atoms with Crippen LogP contribution in [0, 0.1) is 20.2 Å². The predicted octanol–water partition coefficient (Wildman–Crippen LogP) is 9.15. The van der Waals surface area contributed by atoms with Crippen molar-refractivity contribution < 1.29 is 28.9 Å². The molecule has 0 atom stereocenters. The number of amides is 2. The molecule has 6 N–H and O–H groups in total. The molecule has 18 heteroatoms. The predicted molar refractivity (Wildman–Crippen MR) is 259 cm³/mol. The lowest BCUT2D eigenvalue weighted by molar-refractivity contribution is -0.385. The lowest BCUT2D eigenvalue weighted by Crippen LogP contribution is -2.45. The van der Waals surface area contributed by atoms with Crippen LogP contribution in [0.5, 0.6) is 11.5 Å². The molecule has 16 nitrogen and oxygen atoms in total. The van der Waals surface area contributed by atoms with Crippen molar-refractivity contribution in [2.75, 3.05) is 23.8 Å². The van der Waals surface area contributed by atoms with Crippen LogP contribution >= 0.6 is 24.4 Å². The van der Waals surface area contributed by atoms with Crippen LogP contribution < -0.4 is 41.8 Å². The molecule has 342 valence electrons. The van der Waals surface area contributed by atoms with Crippen molar-refractivity contribution in [3.63, 3.8) is 0 Å². The minimum atomic E-state index is -0.543. The van der Waals surface area contributed by atoms with Crippen LogP contribution in [0.3, 0.4) is 0 Å². The number of hydrogen-bond donors (Lipinski definition) is 6. The molecule has 0 aromatic heterocycles. The van der Waals surface area contributed by atoms with Gasteiger partial charge in [0.25, 0.3) is 23.2 Å². The summed E-state index contributed by atoms with van der Waals surface area (Å²) in [7, 11) is 0. The summed E-state index contributed by atoms with van der Waals surface area (Å²) in [6, 6.07) is 19.6. The normalized spacial score (nSPS) is 11.8. The number of hydrogen-bond acceptors (Lipinski definition) is 10. The third-order valence-electron chi connectivity index (χ3n) is 9.81. The van der Waals surface area contributed by atoms with E-state index in [1.807, 2.05) is 0 Å². The average molecular weight is 915 g/mol. The van der Waals surface area contributed by atoms with Gasteiger partial charge in [-0.15, -0.1) is 0 Å². The Bertz CT molecular complexity index is 2240. The summed E-state index contributed by atoms with van der Waals surface area (Å²) >= 11 is 10.7. The van der Waals surface area contributed by atoms with E-state index in [-0.39, 0.29) is 32.4 Å². The Morgan fingerprint density at radius 1 is 0.516 bits per heavy atom. The third kappa shape index (κ3) is 13.8. The lowest BCUT2D eigenvalue weighted by atomic mass is 9.75. The van der Waals surface area contributed by atoms with Crippen LogP contribution in [-0.2, 0) is 31.2 Å². The molecule has 0 radical (unpaired) electrons. The molecule has 4 aromatic rings. The number of rotatable bonds is 11. The summed E-state index contributed by atoms with van der Waals surface area (Å²) < 4.78 is 13.1. The SMILES string of the molecule is CC(C)(C)c1cc(-c2cc(C(C)(C)C)cc(C(C)(C)C)c2OCC(=O)NNC(=S)Nc2ccc([N+](=O)[O-])cc2)c(OCC(=O)NNC(=S)Nc2ccc([N+](=O)[O-])cc2)c(C(C)(C)C)c1. The Balaban J connectivity index is 1.72. The van der Waals surface area contributed by atoms with Crippen molar-refractivity contribution in [3.8, 4) is 22.6 Å². The molecule has 2 amide bonds. The first-order valence-electron chi connectivity index (χ1n) is 20.4. The number of non-ortho nitro benzene ring substituents is 2. The molecule has 0 aliphatic heterocycles. The number of thiocarbonyl (C=S) groups is 2. The van der Waals surface area contributed by atoms with Gasteiger partial charge in [-0.2, -0.15) is 0 Å². The fraction of sp³-hybridized carbons (Fsp3) is 0.391. The van der Waals surface area contributed by atoms with Crippen LogP contribution in [-0.4, -0.2) is 45.1 Å². The highest BCUT2D eigenvalue weighted by molar-refractivity contribution is 7.80. The second-order valence-corrected chi connectivity index (χ2v) is 20.1. The van der Waals surface area contributed by atoms with E-state index in [9.17, 15) is 29.8 Å². The highest BCUT2D eigenvalue weighted by Crippen LogP contribution is 2.49. The Labute approximate surface area is 384 Å². The number of nitrogens with one attached hydrogen (secondary N) is 6. The molecule has 64 heavy (non-hydrogen) atoms.